The van der Waals surface area contributed by atoms with Gasteiger partial charge in [0, 0.05) is 43.6 Å². The largest absolute Gasteiger partial charge is 0.349 e. The molecule has 24 heavy (non-hydrogen) atoms. The van der Waals surface area contributed by atoms with Gasteiger partial charge in [0.2, 0.25) is 0 Å². The van der Waals surface area contributed by atoms with Gasteiger partial charge < -0.3 is 19.7 Å². The van der Waals surface area contributed by atoms with Gasteiger partial charge in [0.25, 0.3) is 11.8 Å². The van der Waals surface area contributed by atoms with E-state index in [1.807, 2.05) is 0 Å². The maximum atomic E-state index is 12.7. The molecule has 2 aliphatic rings. The van der Waals surface area contributed by atoms with Gasteiger partial charge in [-0.25, -0.2) is 0 Å². The highest BCUT2D eigenvalue weighted by Gasteiger charge is 2.40. The van der Waals surface area contributed by atoms with E-state index in [1.54, 1.807) is 35.2 Å². The molecule has 0 unspecified atom stereocenters. The van der Waals surface area contributed by atoms with Gasteiger partial charge in [0.1, 0.15) is 0 Å². The number of carbonyl (C=O) groups excluding carboxylic acids is 2. The highest BCUT2D eigenvalue weighted by Crippen LogP contribution is 2.31. The zero-order valence-electron chi connectivity index (χ0n) is 13.6. The van der Waals surface area contributed by atoms with Crippen LogP contribution in [0.5, 0.6) is 0 Å². The first-order valence-electron chi connectivity index (χ1n) is 8.20. The van der Waals surface area contributed by atoms with Crippen molar-refractivity contribution >= 4 is 11.8 Å². The number of benzene rings is 1. The summed E-state index contributed by atoms with van der Waals surface area (Å²) in [6.07, 6.45) is 2.97. The summed E-state index contributed by atoms with van der Waals surface area (Å²) in [5, 5.41) is 2.71. The van der Waals surface area contributed by atoms with E-state index < -0.39 is 5.79 Å². The van der Waals surface area contributed by atoms with Crippen molar-refractivity contribution in [2.24, 2.45) is 0 Å². The van der Waals surface area contributed by atoms with Crippen molar-refractivity contribution in [2.45, 2.75) is 18.6 Å². The molecule has 0 aromatic heterocycles. The van der Waals surface area contributed by atoms with Crippen LogP contribution in [0.3, 0.4) is 0 Å². The predicted molar refractivity (Wildman–Crippen MR) is 88.7 cm³/mol. The number of amides is 2. The van der Waals surface area contributed by atoms with Crippen LogP contribution in [-0.2, 0) is 9.47 Å². The fourth-order valence-corrected chi connectivity index (χ4v) is 3.08. The van der Waals surface area contributed by atoms with Crippen LogP contribution in [0.4, 0.5) is 0 Å². The summed E-state index contributed by atoms with van der Waals surface area (Å²) in [6, 6.07) is 6.79. The standard InChI is InChI=1S/C18H22N2O4/c1-2-8-19-16(21)14-4-3-5-15(13-14)17(22)20-9-6-18(7-10-20)23-11-12-24-18/h2-5,13H,1,6-12H2,(H,19,21). The van der Waals surface area contributed by atoms with Crippen molar-refractivity contribution in [3.63, 3.8) is 0 Å². The smallest absolute Gasteiger partial charge is 0.253 e. The molecule has 0 aliphatic carbocycles. The zero-order valence-corrected chi connectivity index (χ0v) is 13.6. The Kier molecular flexibility index (Phi) is 4.97. The summed E-state index contributed by atoms with van der Waals surface area (Å²) in [4.78, 5) is 26.5. The zero-order chi connectivity index (χ0) is 17.0. The molecular weight excluding hydrogens is 308 g/mol. The van der Waals surface area contributed by atoms with Crippen LogP contribution in [0.1, 0.15) is 33.6 Å². The number of nitrogens with one attached hydrogen (secondary N) is 1. The van der Waals surface area contributed by atoms with Gasteiger partial charge in [-0.05, 0) is 18.2 Å². The lowest BCUT2D eigenvalue weighted by Gasteiger charge is -2.37. The Hall–Kier alpha value is -2.18. The molecule has 1 aromatic carbocycles. The van der Waals surface area contributed by atoms with Crippen molar-refractivity contribution in [1.29, 1.82) is 0 Å². The Morgan fingerprint density at radius 1 is 1.21 bits per heavy atom. The molecule has 2 aliphatic heterocycles. The molecule has 1 spiro atoms. The third-order valence-electron chi connectivity index (χ3n) is 4.40. The summed E-state index contributed by atoms with van der Waals surface area (Å²) in [5.74, 6) is -0.778. The first-order valence-corrected chi connectivity index (χ1v) is 8.20. The second kappa shape index (κ2) is 7.15. The van der Waals surface area contributed by atoms with E-state index in [0.717, 1.165) is 0 Å². The normalized spacial score (nSPS) is 19.2. The van der Waals surface area contributed by atoms with E-state index in [1.165, 1.54) is 0 Å². The molecule has 6 heteroatoms. The maximum absolute atomic E-state index is 12.7. The molecule has 2 saturated heterocycles. The number of hydrogen-bond donors (Lipinski definition) is 1. The molecule has 0 atom stereocenters. The van der Waals surface area contributed by atoms with Crippen LogP contribution >= 0.6 is 0 Å². The van der Waals surface area contributed by atoms with Gasteiger partial charge in [0.15, 0.2) is 5.79 Å². The lowest BCUT2D eigenvalue weighted by atomic mass is 10.0. The Morgan fingerprint density at radius 2 is 1.88 bits per heavy atom. The van der Waals surface area contributed by atoms with Gasteiger partial charge in [-0.1, -0.05) is 12.1 Å². The summed E-state index contributed by atoms with van der Waals surface area (Å²) in [7, 11) is 0. The van der Waals surface area contributed by atoms with Crippen molar-refractivity contribution < 1.29 is 19.1 Å². The summed E-state index contributed by atoms with van der Waals surface area (Å²) in [5.41, 5.74) is 0.990. The number of ether oxygens (including phenoxy) is 2. The Balaban J connectivity index is 1.65. The highest BCUT2D eigenvalue weighted by molar-refractivity contribution is 5.99. The molecular formula is C18H22N2O4. The van der Waals surface area contributed by atoms with Gasteiger partial charge in [0.05, 0.1) is 13.2 Å². The fourth-order valence-electron chi connectivity index (χ4n) is 3.08. The third-order valence-corrected chi connectivity index (χ3v) is 4.40. The van der Waals surface area contributed by atoms with Crippen LogP contribution in [0.2, 0.25) is 0 Å². The molecule has 1 aromatic rings. The molecule has 0 bridgehead atoms. The molecule has 2 heterocycles. The molecule has 1 N–H and O–H groups in total. The second-order valence-electron chi connectivity index (χ2n) is 5.98. The predicted octanol–water partition coefficient (Wildman–Crippen LogP) is 1.58. The number of piperidine rings is 1. The molecule has 2 fully saturated rings. The topological polar surface area (TPSA) is 67.9 Å². The SMILES string of the molecule is C=CCNC(=O)c1cccc(C(=O)N2CCC3(CC2)OCCO3)c1. The van der Waals surface area contributed by atoms with Gasteiger partial charge in [-0.2, -0.15) is 0 Å². The number of rotatable bonds is 4. The Labute approximate surface area is 141 Å². The molecule has 0 radical (unpaired) electrons. The van der Waals surface area contributed by atoms with Crippen LogP contribution in [0.15, 0.2) is 36.9 Å². The van der Waals surface area contributed by atoms with E-state index in [2.05, 4.69) is 11.9 Å². The summed E-state index contributed by atoms with van der Waals surface area (Å²) in [6.45, 7) is 6.38. The van der Waals surface area contributed by atoms with Crippen molar-refractivity contribution in [3.05, 3.63) is 48.0 Å². The average Bonchev–Trinajstić information content (AvgIpc) is 3.08. The van der Waals surface area contributed by atoms with Crippen molar-refractivity contribution in [1.82, 2.24) is 10.2 Å². The average molecular weight is 330 g/mol. The minimum Gasteiger partial charge on any atom is -0.349 e. The number of carbonyl (C=O) groups is 2. The van der Waals surface area contributed by atoms with Gasteiger partial charge in [-0.15, -0.1) is 6.58 Å². The second-order valence-corrected chi connectivity index (χ2v) is 5.98. The van der Waals surface area contributed by atoms with E-state index in [4.69, 9.17) is 9.47 Å². The van der Waals surface area contributed by atoms with E-state index in [0.29, 0.717) is 56.8 Å². The molecule has 6 nitrogen and oxygen atoms in total. The fraction of sp³-hybridized carbons (Fsp3) is 0.444. The monoisotopic (exact) mass is 330 g/mol. The van der Waals surface area contributed by atoms with E-state index >= 15 is 0 Å². The molecule has 128 valence electrons. The van der Waals surface area contributed by atoms with Crippen molar-refractivity contribution in [2.75, 3.05) is 32.8 Å². The first kappa shape index (κ1) is 16.7. The number of hydrogen-bond acceptors (Lipinski definition) is 4. The minimum absolute atomic E-state index is 0.0683. The minimum atomic E-state index is -0.497. The van der Waals surface area contributed by atoms with Crippen LogP contribution in [0.25, 0.3) is 0 Å². The first-order chi connectivity index (χ1) is 11.6. The van der Waals surface area contributed by atoms with E-state index in [-0.39, 0.29) is 11.8 Å². The number of nitrogens with zero attached hydrogens (tertiary/aromatic N) is 1. The molecule has 3 rings (SSSR count). The van der Waals surface area contributed by atoms with Crippen LogP contribution in [0, 0.1) is 0 Å². The maximum Gasteiger partial charge on any atom is 0.253 e. The summed E-state index contributed by atoms with van der Waals surface area (Å²) < 4.78 is 11.4. The lowest BCUT2D eigenvalue weighted by molar-refractivity contribution is -0.181. The van der Waals surface area contributed by atoms with E-state index in [9.17, 15) is 9.59 Å². The Morgan fingerprint density at radius 3 is 2.54 bits per heavy atom. The third kappa shape index (κ3) is 3.49. The number of likely N-dealkylation sites (tertiary alicyclic amines) is 1. The van der Waals surface area contributed by atoms with Gasteiger partial charge >= 0.3 is 0 Å². The lowest BCUT2D eigenvalue weighted by Crippen LogP contribution is -2.47. The Bertz CT molecular complexity index is 628. The van der Waals surface area contributed by atoms with Crippen LogP contribution < -0.4 is 5.32 Å². The van der Waals surface area contributed by atoms with Gasteiger partial charge in [-0.3, -0.25) is 9.59 Å². The quantitative estimate of drug-likeness (QED) is 0.851. The highest BCUT2D eigenvalue weighted by atomic mass is 16.7. The van der Waals surface area contributed by atoms with Crippen molar-refractivity contribution in [3.8, 4) is 0 Å². The summed E-state index contributed by atoms with van der Waals surface area (Å²) >= 11 is 0. The van der Waals surface area contributed by atoms with Crippen LogP contribution in [-0.4, -0.2) is 55.3 Å². The molecule has 2 amide bonds. The molecule has 0 saturated carbocycles.